The fourth-order valence-corrected chi connectivity index (χ4v) is 5.62. The Balaban J connectivity index is 1.90. The third kappa shape index (κ3) is 4.50. The molecule has 1 N–H and O–H groups in total. The number of anilines is 1. The number of carbonyl (C=O) groups is 1. The molecular weight excluding hydrogens is 432 g/mol. The minimum atomic E-state index is -3.66. The highest BCUT2D eigenvalue weighted by Crippen LogP contribution is 2.30. The Morgan fingerprint density at radius 3 is 2.33 bits per heavy atom. The number of carbonyl (C=O) groups excluding carboxylic acids is 1. The molecule has 0 aliphatic carbocycles. The van der Waals surface area contributed by atoms with Gasteiger partial charge in [0.05, 0.1) is 15.1 Å². The van der Waals surface area contributed by atoms with Gasteiger partial charge in [0.2, 0.25) is 10.0 Å². The van der Waals surface area contributed by atoms with Gasteiger partial charge >= 0.3 is 0 Å². The predicted molar refractivity (Wildman–Crippen MR) is 113 cm³/mol. The average Bonchev–Trinajstić information content (AvgIpc) is 3.09. The van der Waals surface area contributed by atoms with Crippen molar-refractivity contribution in [3.05, 3.63) is 53.6 Å². The van der Waals surface area contributed by atoms with Crippen molar-refractivity contribution in [1.29, 1.82) is 0 Å². The highest BCUT2D eigenvalue weighted by atomic mass is 32.2. The molecule has 0 spiro atoms. The summed E-state index contributed by atoms with van der Waals surface area (Å²) in [5, 5.41) is 2.50. The molecule has 0 aliphatic heterocycles. The van der Waals surface area contributed by atoms with Crippen LogP contribution in [0.4, 0.5) is 13.9 Å². The van der Waals surface area contributed by atoms with Crippen LogP contribution in [0.3, 0.4) is 0 Å². The van der Waals surface area contributed by atoms with E-state index >= 15 is 0 Å². The molecule has 160 valence electrons. The number of benzene rings is 2. The van der Waals surface area contributed by atoms with Crippen LogP contribution in [0.1, 0.15) is 37.0 Å². The highest BCUT2D eigenvalue weighted by Gasteiger charge is 2.24. The molecule has 6 nitrogen and oxygen atoms in total. The molecule has 0 fully saturated rings. The van der Waals surface area contributed by atoms with Crippen LogP contribution in [-0.4, -0.2) is 36.7 Å². The van der Waals surface area contributed by atoms with Crippen LogP contribution in [-0.2, 0) is 10.0 Å². The molecule has 10 heteroatoms. The number of fused-ring (bicyclic) bond motifs is 1. The molecule has 0 atom stereocenters. The fraction of sp³-hybridized carbons (Fsp3) is 0.300. The Bertz CT molecular complexity index is 1150. The molecule has 0 radical (unpaired) electrons. The second kappa shape index (κ2) is 9.15. The molecule has 30 heavy (non-hydrogen) atoms. The van der Waals surface area contributed by atoms with E-state index in [9.17, 15) is 22.0 Å². The van der Waals surface area contributed by atoms with Crippen LogP contribution >= 0.6 is 11.3 Å². The van der Waals surface area contributed by atoms with Crippen LogP contribution in [0.2, 0.25) is 0 Å². The van der Waals surface area contributed by atoms with Gasteiger partial charge in [0, 0.05) is 13.1 Å². The number of nitrogens with zero attached hydrogens (tertiary/aromatic N) is 2. The quantitative estimate of drug-likeness (QED) is 0.539. The smallest absolute Gasteiger partial charge is 0.263 e. The normalized spacial score (nSPS) is 11.9. The number of halogens is 2. The molecule has 0 unspecified atom stereocenters. The molecule has 1 heterocycles. The van der Waals surface area contributed by atoms with E-state index in [1.807, 2.05) is 13.8 Å². The second-order valence-electron chi connectivity index (χ2n) is 6.60. The summed E-state index contributed by atoms with van der Waals surface area (Å²) in [4.78, 5) is 16.6. The molecule has 2 aromatic carbocycles. The molecule has 3 aromatic rings. The minimum Gasteiger partial charge on any atom is -0.298 e. The largest absolute Gasteiger partial charge is 0.298 e. The number of rotatable bonds is 8. The lowest BCUT2D eigenvalue weighted by atomic mass is 10.2. The summed E-state index contributed by atoms with van der Waals surface area (Å²) in [6.45, 7) is 4.68. The number of amides is 1. The summed E-state index contributed by atoms with van der Waals surface area (Å²) in [6.07, 6.45) is 1.40. The summed E-state index contributed by atoms with van der Waals surface area (Å²) < 4.78 is 55.5. The van der Waals surface area contributed by atoms with E-state index in [0.29, 0.717) is 36.1 Å². The van der Waals surface area contributed by atoms with Crippen molar-refractivity contribution < 1.29 is 22.0 Å². The number of nitrogens with one attached hydrogen (secondary N) is 1. The molecule has 0 saturated heterocycles. The second-order valence-corrected chi connectivity index (χ2v) is 9.57. The topological polar surface area (TPSA) is 79.4 Å². The van der Waals surface area contributed by atoms with Crippen LogP contribution in [0, 0.1) is 11.6 Å². The van der Waals surface area contributed by atoms with Crippen LogP contribution in [0.5, 0.6) is 0 Å². The number of sulfonamides is 1. The third-order valence-electron chi connectivity index (χ3n) is 4.35. The molecule has 0 saturated carbocycles. The number of hydrogen-bond donors (Lipinski definition) is 1. The van der Waals surface area contributed by atoms with Crippen molar-refractivity contribution in [3.63, 3.8) is 0 Å². The van der Waals surface area contributed by atoms with Gasteiger partial charge in [0.15, 0.2) is 5.13 Å². The van der Waals surface area contributed by atoms with Crippen molar-refractivity contribution in [2.45, 2.75) is 31.6 Å². The van der Waals surface area contributed by atoms with Crippen molar-refractivity contribution >= 4 is 42.6 Å². The Hall–Kier alpha value is -2.43. The lowest BCUT2D eigenvalue weighted by Crippen LogP contribution is -2.32. The molecule has 0 aliphatic rings. The zero-order valence-corrected chi connectivity index (χ0v) is 18.1. The Morgan fingerprint density at radius 2 is 1.73 bits per heavy atom. The standard InChI is InChI=1S/C20H21F2N3O3S2/c1-3-10-25(11-4-2)30(27,28)13-8-9-16-17(12-13)29-20(23-16)24-19(26)18-14(21)6-5-7-15(18)22/h5-9,12H,3-4,10-11H2,1-2H3,(H,23,24,26). The summed E-state index contributed by atoms with van der Waals surface area (Å²) >= 11 is 1.03. The summed E-state index contributed by atoms with van der Waals surface area (Å²) in [6, 6.07) is 7.67. The van der Waals surface area contributed by atoms with Gasteiger partial charge in [0.25, 0.3) is 5.91 Å². The molecule has 1 aromatic heterocycles. The zero-order valence-electron chi connectivity index (χ0n) is 16.5. The Labute approximate surface area is 177 Å². The van der Waals surface area contributed by atoms with Crippen molar-refractivity contribution in [2.75, 3.05) is 18.4 Å². The van der Waals surface area contributed by atoms with E-state index in [2.05, 4.69) is 10.3 Å². The van der Waals surface area contributed by atoms with E-state index in [1.165, 1.54) is 22.5 Å². The van der Waals surface area contributed by atoms with Gasteiger partial charge in [0.1, 0.15) is 17.2 Å². The molecule has 1 amide bonds. The monoisotopic (exact) mass is 453 g/mol. The lowest BCUT2D eigenvalue weighted by molar-refractivity contribution is 0.101. The van der Waals surface area contributed by atoms with Crippen molar-refractivity contribution in [3.8, 4) is 0 Å². The van der Waals surface area contributed by atoms with Gasteiger partial charge in [-0.2, -0.15) is 4.31 Å². The van der Waals surface area contributed by atoms with Gasteiger partial charge in [-0.15, -0.1) is 0 Å². The zero-order chi connectivity index (χ0) is 21.9. The van der Waals surface area contributed by atoms with Gasteiger partial charge in [-0.25, -0.2) is 22.2 Å². The maximum Gasteiger partial charge on any atom is 0.263 e. The first-order valence-electron chi connectivity index (χ1n) is 9.44. The predicted octanol–water partition coefficient (Wildman–Crippen LogP) is 4.64. The van der Waals surface area contributed by atoms with E-state index < -0.39 is 33.1 Å². The first-order valence-corrected chi connectivity index (χ1v) is 11.7. The summed E-state index contributed by atoms with van der Waals surface area (Å²) in [5.74, 6) is -2.92. The van der Waals surface area contributed by atoms with Crippen LogP contribution in [0.15, 0.2) is 41.3 Å². The van der Waals surface area contributed by atoms with Gasteiger partial charge in [-0.3, -0.25) is 10.1 Å². The minimum absolute atomic E-state index is 0.117. The summed E-state index contributed by atoms with van der Waals surface area (Å²) in [7, 11) is -3.66. The Morgan fingerprint density at radius 1 is 1.10 bits per heavy atom. The van der Waals surface area contributed by atoms with Crippen LogP contribution < -0.4 is 5.32 Å². The first kappa shape index (κ1) is 22.3. The van der Waals surface area contributed by atoms with E-state index in [4.69, 9.17) is 0 Å². The number of aromatic nitrogens is 1. The van der Waals surface area contributed by atoms with E-state index in [0.717, 1.165) is 23.5 Å². The van der Waals surface area contributed by atoms with E-state index in [-0.39, 0.29) is 10.0 Å². The maximum atomic E-state index is 13.8. The van der Waals surface area contributed by atoms with Gasteiger partial charge in [-0.05, 0) is 43.2 Å². The number of hydrogen-bond acceptors (Lipinski definition) is 5. The van der Waals surface area contributed by atoms with Crippen LogP contribution in [0.25, 0.3) is 10.2 Å². The highest BCUT2D eigenvalue weighted by molar-refractivity contribution is 7.89. The molecule has 3 rings (SSSR count). The third-order valence-corrected chi connectivity index (χ3v) is 7.18. The SMILES string of the molecule is CCCN(CCC)S(=O)(=O)c1ccc2nc(NC(=O)c3c(F)cccc3F)sc2c1. The Kier molecular flexibility index (Phi) is 6.79. The van der Waals surface area contributed by atoms with Crippen molar-refractivity contribution in [1.82, 2.24) is 9.29 Å². The van der Waals surface area contributed by atoms with E-state index in [1.54, 1.807) is 6.07 Å². The lowest BCUT2D eigenvalue weighted by Gasteiger charge is -2.20. The summed E-state index contributed by atoms with van der Waals surface area (Å²) in [5.41, 5.74) is -0.226. The molecular formula is C20H21F2N3O3S2. The first-order chi connectivity index (χ1) is 14.3. The van der Waals surface area contributed by atoms with Gasteiger partial charge in [-0.1, -0.05) is 31.3 Å². The fourth-order valence-electron chi connectivity index (χ4n) is 2.99. The molecule has 0 bridgehead atoms. The maximum absolute atomic E-state index is 13.8. The number of thiazole rings is 1. The average molecular weight is 454 g/mol. The van der Waals surface area contributed by atoms with Crippen molar-refractivity contribution in [2.24, 2.45) is 0 Å². The van der Waals surface area contributed by atoms with Gasteiger partial charge < -0.3 is 0 Å².